The Hall–Kier alpha value is -2.96. The van der Waals surface area contributed by atoms with Crippen molar-refractivity contribution < 1.29 is 27.8 Å². The number of ether oxygens (including phenoxy) is 2. The Balaban J connectivity index is 1.81. The molecule has 5 nitrogen and oxygen atoms in total. The van der Waals surface area contributed by atoms with Crippen LogP contribution in [0.3, 0.4) is 0 Å². The Morgan fingerprint density at radius 2 is 1.77 bits per heavy atom. The van der Waals surface area contributed by atoms with Crippen LogP contribution in [-0.4, -0.2) is 25.1 Å². The number of amides is 1. The summed E-state index contributed by atoms with van der Waals surface area (Å²) < 4.78 is 36.1. The summed E-state index contributed by atoms with van der Waals surface area (Å²) in [5.41, 5.74) is 1.01. The van der Waals surface area contributed by atoms with Crippen molar-refractivity contribution >= 4 is 17.6 Å². The molecule has 2 rings (SSSR count). The third kappa shape index (κ3) is 5.54. The molecule has 0 spiro atoms. The topological polar surface area (TPSA) is 64.6 Å². The molecule has 138 valence electrons. The molecule has 1 N–H and O–H groups in total. The summed E-state index contributed by atoms with van der Waals surface area (Å²) in [6.07, 6.45) is -0.498. The van der Waals surface area contributed by atoms with E-state index >= 15 is 0 Å². The van der Waals surface area contributed by atoms with E-state index in [-0.39, 0.29) is 12.1 Å². The van der Waals surface area contributed by atoms with E-state index in [0.717, 1.165) is 23.4 Å². The van der Waals surface area contributed by atoms with E-state index in [1.54, 1.807) is 19.2 Å². The van der Waals surface area contributed by atoms with Gasteiger partial charge >= 0.3 is 5.97 Å². The lowest BCUT2D eigenvalue weighted by atomic mass is 10.1. The number of hydrogen-bond acceptors (Lipinski definition) is 4. The first-order valence-corrected chi connectivity index (χ1v) is 7.97. The molecule has 0 aliphatic carbocycles. The van der Waals surface area contributed by atoms with E-state index < -0.39 is 29.6 Å². The standard InChI is InChI=1S/C19H19F2NO4/c1-12(19(24)22-14-6-9-16(20)17(21)11-14)26-18(23)10-5-13-3-7-15(25-2)8-4-13/h3-4,6-9,11-12H,5,10H2,1-2H3,(H,22,24)/t12-/m1/s1. The van der Waals surface area contributed by atoms with Crippen LogP contribution in [0.25, 0.3) is 0 Å². The van der Waals surface area contributed by atoms with E-state index in [9.17, 15) is 18.4 Å². The van der Waals surface area contributed by atoms with Crippen molar-refractivity contribution in [3.05, 3.63) is 59.7 Å². The van der Waals surface area contributed by atoms with Crippen LogP contribution in [0.4, 0.5) is 14.5 Å². The van der Waals surface area contributed by atoms with Crippen LogP contribution in [-0.2, 0) is 20.7 Å². The molecule has 1 amide bonds. The van der Waals surface area contributed by atoms with Crippen LogP contribution in [0.2, 0.25) is 0 Å². The van der Waals surface area contributed by atoms with E-state index in [1.807, 2.05) is 12.1 Å². The van der Waals surface area contributed by atoms with Gasteiger partial charge in [-0.05, 0) is 43.2 Å². The van der Waals surface area contributed by atoms with Crippen molar-refractivity contribution in [3.63, 3.8) is 0 Å². The number of carbonyl (C=O) groups is 2. The molecule has 0 fully saturated rings. The largest absolute Gasteiger partial charge is 0.497 e. The maximum Gasteiger partial charge on any atom is 0.306 e. The second-order valence-corrected chi connectivity index (χ2v) is 5.60. The Kier molecular flexibility index (Phi) is 6.66. The number of hydrogen-bond donors (Lipinski definition) is 1. The van der Waals surface area contributed by atoms with Crippen molar-refractivity contribution in [2.45, 2.75) is 25.9 Å². The predicted octanol–water partition coefficient (Wildman–Crippen LogP) is 3.48. The van der Waals surface area contributed by atoms with Gasteiger partial charge in [-0.1, -0.05) is 12.1 Å². The van der Waals surface area contributed by atoms with Crippen LogP contribution in [0.15, 0.2) is 42.5 Å². The molecule has 26 heavy (non-hydrogen) atoms. The molecule has 0 aromatic heterocycles. The maximum absolute atomic E-state index is 13.1. The smallest absolute Gasteiger partial charge is 0.306 e. The molecule has 0 bridgehead atoms. The van der Waals surface area contributed by atoms with E-state index in [0.29, 0.717) is 6.42 Å². The quantitative estimate of drug-likeness (QED) is 0.765. The zero-order valence-electron chi connectivity index (χ0n) is 14.4. The summed E-state index contributed by atoms with van der Waals surface area (Å²) >= 11 is 0. The molecule has 0 saturated carbocycles. The van der Waals surface area contributed by atoms with Crippen LogP contribution in [0.1, 0.15) is 18.9 Å². The molecule has 0 radical (unpaired) electrons. The molecule has 2 aromatic carbocycles. The number of nitrogens with one attached hydrogen (secondary N) is 1. The van der Waals surface area contributed by atoms with Gasteiger partial charge in [-0.2, -0.15) is 0 Å². The summed E-state index contributed by atoms with van der Waals surface area (Å²) in [5, 5.41) is 2.36. The molecule has 2 aromatic rings. The number of benzene rings is 2. The monoisotopic (exact) mass is 363 g/mol. The first-order chi connectivity index (χ1) is 12.4. The van der Waals surface area contributed by atoms with Gasteiger partial charge in [0.2, 0.25) is 0 Å². The highest BCUT2D eigenvalue weighted by atomic mass is 19.2. The number of rotatable bonds is 7. The minimum absolute atomic E-state index is 0.0787. The molecule has 1 atom stereocenters. The first kappa shape index (κ1) is 19.4. The molecule has 7 heteroatoms. The second kappa shape index (κ2) is 8.94. The van der Waals surface area contributed by atoms with Crippen LogP contribution in [0, 0.1) is 11.6 Å². The Morgan fingerprint density at radius 1 is 1.08 bits per heavy atom. The molecular weight excluding hydrogens is 344 g/mol. The normalized spacial score (nSPS) is 11.5. The highest BCUT2D eigenvalue weighted by Crippen LogP contribution is 2.15. The minimum atomic E-state index is -1.08. The average Bonchev–Trinajstić information content (AvgIpc) is 2.63. The number of methoxy groups -OCH3 is 1. The predicted molar refractivity (Wildman–Crippen MR) is 91.9 cm³/mol. The van der Waals surface area contributed by atoms with Crippen molar-refractivity contribution in [1.29, 1.82) is 0 Å². The summed E-state index contributed by atoms with van der Waals surface area (Å²) in [6.45, 7) is 1.40. The van der Waals surface area contributed by atoms with Crippen molar-refractivity contribution in [3.8, 4) is 5.75 Å². The molecule has 0 aliphatic rings. The van der Waals surface area contributed by atoms with Crippen LogP contribution >= 0.6 is 0 Å². The van der Waals surface area contributed by atoms with Gasteiger partial charge in [-0.15, -0.1) is 0 Å². The summed E-state index contributed by atoms with van der Waals surface area (Å²) in [7, 11) is 1.57. The number of aryl methyl sites for hydroxylation is 1. The van der Waals surface area contributed by atoms with Crippen LogP contribution < -0.4 is 10.1 Å². The number of carbonyl (C=O) groups excluding carboxylic acids is 2. The summed E-state index contributed by atoms with van der Waals surface area (Å²) in [4.78, 5) is 23.8. The minimum Gasteiger partial charge on any atom is -0.497 e. The Morgan fingerprint density at radius 3 is 2.38 bits per heavy atom. The lowest BCUT2D eigenvalue weighted by Crippen LogP contribution is -2.30. The summed E-state index contributed by atoms with van der Waals surface area (Å²) in [5.74, 6) is -2.53. The van der Waals surface area contributed by atoms with Gasteiger partial charge < -0.3 is 14.8 Å². The van der Waals surface area contributed by atoms with Crippen molar-refractivity contribution in [2.24, 2.45) is 0 Å². The zero-order valence-corrected chi connectivity index (χ0v) is 14.4. The van der Waals surface area contributed by atoms with E-state index in [4.69, 9.17) is 9.47 Å². The van der Waals surface area contributed by atoms with Gasteiger partial charge in [-0.25, -0.2) is 8.78 Å². The molecule has 0 heterocycles. The van der Waals surface area contributed by atoms with Gasteiger partial charge in [0.1, 0.15) is 5.75 Å². The molecule has 0 aliphatic heterocycles. The molecular formula is C19H19F2NO4. The van der Waals surface area contributed by atoms with E-state index in [2.05, 4.69) is 5.32 Å². The van der Waals surface area contributed by atoms with Crippen LogP contribution in [0.5, 0.6) is 5.75 Å². The lowest BCUT2D eigenvalue weighted by Gasteiger charge is -2.13. The second-order valence-electron chi connectivity index (χ2n) is 5.60. The average molecular weight is 363 g/mol. The Bertz CT molecular complexity index is 778. The van der Waals surface area contributed by atoms with E-state index in [1.165, 1.54) is 13.0 Å². The van der Waals surface area contributed by atoms with Gasteiger partial charge in [-0.3, -0.25) is 9.59 Å². The fourth-order valence-electron chi connectivity index (χ4n) is 2.17. The third-order valence-corrected chi connectivity index (χ3v) is 3.64. The van der Waals surface area contributed by atoms with Crippen molar-refractivity contribution in [2.75, 3.05) is 12.4 Å². The highest BCUT2D eigenvalue weighted by molar-refractivity contribution is 5.95. The fraction of sp³-hybridized carbons (Fsp3) is 0.263. The lowest BCUT2D eigenvalue weighted by molar-refractivity contribution is -0.153. The highest BCUT2D eigenvalue weighted by Gasteiger charge is 2.18. The van der Waals surface area contributed by atoms with Crippen molar-refractivity contribution in [1.82, 2.24) is 0 Å². The number of halogens is 2. The maximum atomic E-state index is 13.1. The SMILES string of the molecule is COc1ccc(CCC(=O)O[C@H](C)C(=O)Nc2ccc(F)c(F)c2)cc1. The summed E-state index contributed by atoms with van der Waals surface area (Å²) in [6, 6.07) is 10.2. The fourth-order valence-corrected chi connectivity index (χ4v) is 2.17. The molecule has 0 saturated heterocycles. The Labute approximate surface area is 149 Å². The van der Waals surface area contributed by atoms with Gasteiger partial charge in [0.05, 0.1) is 7.11 Å². The first-order valence-electron chi connectivity index (χ1n) is 7.97. The van der Waals surface area contributed by atoms with Gasteiger partial charge in [0, 0.05) is 18.2 Å². The third-order valence-electron chi connectivity index (χ3n) is 3.64. The van der Waals surface area contributed by atoms with Gasteiger partial charge in [0.15, 0.2) is 17.7 Å². The molecule has 0 unspecified atom stereocenters. The number of esters is 1. The van der Waals surface area contributed by atoms with Gasteiger partial charge in [0.25, 0.3) is 5.91 Å². The zero-order chi connectivity index (χ0) is 19.1. The number of anilines is 1.